The lowest BCUT2D eigenvalue weighted by Gasteiger charge is -2.24. The summed E-state index contributed by atoms with van der Waals surface area (Å²) in [7, 11) is 1.66. The number of unbranched alkanes of at least 4 members (excludes halogenated alkanes) is 14. The van der Waals surface area contributed by atoms with E-state index in [0.29, 0.717) is 17.6 Å². The van der Waals surface area contributed by atoms with Crippen LogP contribution in [0, 0.1) is 0 Å². The molecule has 0 bridgehead atoms. The minimum absolute atomic E-state index is 0.0897. The third-order valence-electron chi connectivity index (χ3n) is 6.22. The van der Waals surface area contributed by atoms with Crippen molar-refractivity contribution in [3.05, 3.63) is 0 Å². The minimum atomic E-state index is -4.22. The zero-order chi connectivity index (χ0) is 27.8. The summed E-state index contributed by atoms with van der Waals surface area (Å²) >= 11 is 0. The van der Waals surface area contributed by atoms with Crippen LogP contribution in [0.5, 0.6) is 0 Å². The van der Waals surface area contributed by atoms with Gasteiger partial charge in [0.2, 0.25) is 0 Å². The van der Waals surface area contributed by atoms with Crippen LogP contribution in [0.15, 0.2) is 0 Å². The summed E-state index contributed by atoms with van der Waals surface area (Å²) in [4.78, 5) is 21.6. The summed E-state index contributed by atoms with van der Waals surface area (Å²) in [5.41, 5.74) is 0. The molecule has 0 aliphatic heterocycles. The molecule has 2 atom stereocenters. The average Bonchev–Trinajstić information content (AvgIpc) is 2.83. The molecule has 9 heteroatoms. The number of carbonyl (C=O) groups is 1. The lowest BCUT2D eigenvalue weighted by atomic mass is 10.0. The second-order valence-electron chi connectivity index (χ2n) is 11.1. The monoisotopic (exact) mass is 552 g/mol. The van der Waals surface area contributed by atoms with E-state index in [1.54, 1.807) is 6.92 Å². The van der Waals surface area contributed by atoms with E-state index in [1.807, 2.05) is 21.1 Å². The van der Waals surface area contributed by atoms with E-state index >= 15 is 0 Å². The maximum atomic E-state index is 12.1. The highest BCUT2D eigenvalue weighted by atomic mass is 31.2. The zero-order valence-electron chi connectivity index (χ0n) is 24.7. The summed E-state index contributed by atoms with van der Waals surface area (Å²) in [5.74, 6) is -0.400. The van der Waals surface area contributed by atoms with Gasteiger partial charge in [-0.15, -0.1) is 0 Å². The van der Waals surface area contributed by atoms with Gasteiger partial charge in [-0.2, -0.15) is 0 Å². The Morgan fingerprint density at radius 1 is 0.730 bits per heavy atom. The maximum absolute atomic E-state index is 12.1. The van der Waals surface area contributed by atoms with Crippen molar-refractivity contribution in [1.29, 1.82) is 0 Å². The van der Waals surface area contributed by atoms with Gasteiger partial charge >= 0.3 is 13.8 Å². The summed E-state index contributed by atoms with van der Waals surface area (Å²) in [6.07, 6.45) is 19.1. The highest BCUT2D eigenvalue weighted by Gasteiger charge is 2.26. The number of hydrogen-bond acceptors (Lipinski definition) is 6. The molecule has 0 aromatic heterocycles. The minimum Gasteiger partial charge on any atom is -0.457 e. The zero-order valence-corrected chi connectivity index (χ0v) is 25.6. The Hall–Kier alpha value is -0.500. The first kappa shape index (κ1) is 36.5. The van der Waals surface area contributed by atoms with Crippen molar-refractivity contribution in [1.82, 2.24) is 0 Å². The molecule has 8 nitrogen and oxygen atoms in total. The summed E-state index contributed by atoms with van der Waals surface area (Å²) < 4.78 is 33.8. The van der Waals surface area contributed by atoms with Gasteiger partial charge in [-0.3, -0.25) is 13.8 Å². The quantitative estimate of drug-likeness (QED) is 0.0506. The molecule has 0 saturated carbocycles. The van der Waals surface area contributed by atoms with Crippen molar-refractivity contribution in [2.75, 3.05) is 54.1 Å². The average molecular weight is 553 g/mol. The summed E-state index contributed by atoms with van der Waals surface area (Å²) in [5, 5.41) is 0. The topological polar surface area (TPSA) is 91.3 Å². The van der Waals surface area contributed by atoms with Crippen molar-refractivity contribution >= 4 is 13.8 Å². The lowest BCUT2D eigenvalue weighted by molar-refractivity contribution is -0.870. The Bertz CT molecular complexity index is 583. The number of phosphoric acid groups is 1. The van der Waals surface area contributed by atoms with Crippen LogP contribution >= 0.6 is 7.82 Å². The fraction of sp³-hybridized carbons (Fsp3) is 0.964. The third kappa shape index (κ3) is 26.9. The van der Waals surface area contributed by atoms with Crippen LogP contribution in [0.25, 0.3) is 0 Å². The molecule has 0 rings (SSSR count). The van der Waals surface area contributed by atoms with Crippen molar-refractivity contribution in [3.63, 3.8) is 0 Å². The molecule has 222 valence electrons. The first-order valence-electron chi connectivity index (χ1n) is 14.8. The molecule has 0 amide bonds. The molecule has 0 aromatic rings. The van der Waals surface area contributed by atoms with E-state index in [9.17, 15) is 14.3 Å². The first-order chi connectivity index (χ1) is 17.6. The van der Waals surface area contributed by atoms with Crippen molar-refractivity contribution in [3.8, 4) is 0 Å². The van der Waals surface area contributed by atoms with Crippen LogP contribution in [-0.4, -0.2) is 75.6 Å². The second kappa shape index (κ2) is 23.4. The van der Waals surface area contributed by atoms with Gasteiger partial charge in [0.25, 0.3) is 0 Å². The predicted molar refractivity (Wildman–Crippen MR) is 151 cm³/mol. The normalized spacial score (nSPS) is 14.4. The Morgan fingerprint density at radius 3 is 1.68 bits per heavy atom. The van der Waals surface area contributed by atoms with Gasteiger partial charge in [0.15, 0.2) is 0 Å². The highest BCUT2D eigenvalue weighted by molar-refractivity contribution is 7.47. The van der Waals surface area contributed by atoms with E-state index < -0.39 is 19.9 Å². The van der Waals surface area contributed by atoms with Crippen LogP contribution in [-0.2, 0) is 27.9 Å². The highest BCUT2D eigenvalue weighted by Crippen LogP contribution is 2.43. The number of quaternary nitrogens is 1. The SMILES string of the molecule is CCCCCCCCCCCCCCCCCOCC(COP(=O)(O)OCC[N+](C)(C)C)OC(=O)CC. The van der Waals surface area contributed by atoms with Gasteiger partial charge in [-0.25, -0.2) is 4.57 Å². The number of carbonyl (C=O) groups excluding carboxylic acids is 1. The number of phosphoric ester groups is 1. The number of ether oxygens (including phenoxy) is 2. The summed E-state index contributed by atoms with van der Waals surface area (Å²) in [6.45, 7) is 5.06. The van der Waals surface area contributed by atoms with Gasteiger partial charge in [-0.1, -0.05) is 104 Å². The standard InChI is InChI=1S/C28H58NO7P/c1-6-8-9-10-11-12-13-14-15-16-17-18-19-20-21-23-33-25-27(36-28(30)7-2)26-35-37(31,32)34-24-22-29(3,4)5/h27H,6-26H2,1-5H3/p+1. The van der Waals surface area contributed by atoms with Crippen LogP contribution in [0.3, 0.4) is 0 Å². The van der Waals surface area contributed by atoms with Gasteiger partial charge in [0, 0.05) is 13.0 Å². The molecular weight excluding hydrogens is 493 g/mol. The van der Waals surface area contributed by atoms with E-state index in [1.165, 1.54) is 83.5 Å². The third-order valence-corrected chi connectivity index (χ3v) is 7.21. The van der Waals surface area contributed by atoms with Gasteiger partial charge in [0.05, 0.1) is 34.4 Å². The van der Waals surface area contributed by atoms with Crippen LogP contribution < -0.4 is 0 Å². The number of likely N-dealkylation sites (N-methyl/N-ethyl adjacent to an activating group) is 1. The molecule has 0 aromatic carbocycles. The smallest absolute Gasteiger partial charge is 0.457 e. The van der Waals surface area contributed by atoms with E-state index in [-0.39, 0.29) is 26.2 Å². The summed E-state index contributed by atoms with van der Waals surface area (Å²) in [6, 6.07) is 0. The maximum Gasteiger partial charge on any atom is 0.472 e. The number of rotatable bonds is 27. The number of esters is 1. The second-order valence-corrected chi connectivity index (χ2v) is 12.6. The molecule has 0 aliphatic carbocycles. The Kier molecular flexibility index (Phi) is 23.1. The molecule has 0 saturated heterocycles. The molecular formula is C28H59NO7P+. The Balaban J connectivity index is 3.84. The lowest BCUT2D eigenvalue weighted by Crippen LogP contribution is -2.37. The van der Waals surface area contributed by atoms with Gasteiger partial charge < -0.3 is 18.9 Å². The van der Waals surface area contributed by atoms with E-state index in [4.69, 9.17) is 18.5 Å². The van der Waals surface area contributed by atoms with Crippen molar-refractivity contribution < 1.29 is 37.3 Å². The van der Waals surface area contributed by atoms with Crippen LogP contribution in [0.1, 0.15) is 117 Å². The largest absolute Gasteiger partial charge is 0.472 e. The molecule has 0 spiro atoms. The van der Waals surface area contributed by atoms with Gasteiger partial charge in [0.1, 0.15) is 19.3 Å². The Morgan fingerprint density at radius 2 is 1.22 bits per heavy atom. The molecule has 37 heavy (non-hydrogen) atoms. The van der Waals surface area contributed by atoms with E-state index in [2.05, 4.69) is 6.92 Å². The molecule has 0 aliphatic rings. The van der Waals surface area contributed by atoms with Crippen LogP contribution in [0.4, 0.5) is 0 Å². The van der Waals surface area contributed by atoms with Crippen LogP contribution in [0.2, 0.25) is 0 Å². The fourth-order valence-electron chi connectivity index (χ4n) is 3.82. The molecule has 0 radical (unpaired) electrons. The molecule has 2 unspecified atom stereocenters. The Labute approximate surface area is 228 Å². The molecule has 1 N–H and O–H groups in total. The predicted octanol–water partition coefficient (Wildman–Crippen LogP) is 7.04. The van der Waals surface area contributed by atoms with E-state index in [0.717, 1.165) is 12.8 Å². The fourth-order valence-corrected chi connectivity index (χ4v) is 4.56. The molecule has 0 heterocycles. The van der Waals surface area contributed by atoms with Gasteiger partial charge in [-0.05, 0) is 6.42 Å². The van der Waals surface area contributed by atoms with Crippen molar-refractivity contribution in [2.45, 2.75) is 123 Å². The number of hydrogen-bond donors (Lipinski definition) is 1. The van der Waals surface area contributed by atoms with Crippen molar-refractivity contribution in [2.24, 2.45) is 0 Å². The molecule has 0 fully saturated rings. The first-order valence-corrected chi connectivity index (χ1v) is 16.3. The number of nitrogens with zero attached hydrogens (tertiary/aromatic N) is 1.